The number of hydrogen-bond donors (Lipinski definition) is 0. The quantitative estimate of drug-likeness (QED) is 0.161. The maximum absolute atomic E-state index is 6.56. The number of nitrogens with zero attached hydrogens (tertiary/aromatic N) is 1. The molecular weight excluding hydrogens is 761 g/mol. The molecule has 0 saturated carbocycles. The van der Waals surface area contributed by atoms with Gasteiger partial charge in [0.05, 0.1) is 0 Å². The van der Waals surface area contributed by atoms with E-state index in [-0.39, 0.29) is 39.2 Å². The summed E-state index contributed by atoms with van der Waals surface area (Å²) >= 11 is 0. The Hall–Kier alpha value is -5.02. The van der Waals surface area contributed by atoms with Crippen molar-refractivity contribution in [1.29, 1.82) is 0 Å². The monoisotopic (exact) mass is 826 g/mol. The van der Waals surface area contributed by atoms with Crippen molar-refractivity contribution in [3.8, 4) is 22.3 Å². The largest absolute Gasteiger partial charge is 0.456 e. The van der Waals surface area contributed by atoms with Crippen molar-refractivity contribution < 1.29 is 4.42 Å². The van der Waals surface area contributed by atoms with Crippen molar-refractivity contribution in [1.82, 2.24) is 0 Å². The van der Waals surface area contributed by atoms with E-state index in [1.807, 2.05) is 0 Å². The number of fused-ring (bicyclic) bond motifs is 11. The van der Waals surface area contributed by atoms with Crippen LogP contribution in [0, 0.1) is 0 Å². The summed E-state index contributed by atoms with van der Waals surface area (Å²) in [6.07, 6.45) is 7.18. The molecule has 6 aromatic carbocycles. The van der Waals surface area contributed by atoms with Gasteiger partial charge in [0.2, 0.25) is 6.71 Å². The maximum Gasteiger partial charge on any atom is 0.248 e. The number of furan rings is 1. The van der Waals surface area contributed by atoms with Crippen molar-refractivity contribution in [2.75, 3.05) is 4.90 Å². The van der Waals surface area contributed by atoms with Crippen molar-refractivity contribution in [3.05, 3.63) is 130 Å². The van der Waals surface area contributed by atoms with Crippen LogP contribution in [0.25, 0.3) is 44.2 Å². The van der Waals surface area contributed by atoms with Crippen LogP contribution in [0.2, 0.25) is 0 Å². The van der Waals surface area contributed by atoms with Gasteiger partial charge >= 0.3 is 0 Å². The minimum Gasteiger partial charge on any atom is -0.456 e. The van der Waals surface area contributed by atoms with Crippen LogP contribution in [0.15, 0.2) is 101 Å². The van der Waals surface area contributed by atoms with Gasteiger partial charge in [0, 0.05) is 27.8 Å². The Kier molecular flexibility index (Phi) is 7.79. The summed E-state index contributed by atoms with van der Waals surface area (Å²) in [5.41, 5.74) is 25.3. The SMILES string of the molecule is CC1(C)CCC(C)(C)c2cc(N3c4cc5c(cc4B4c6cc7c(cc6-c6cc(-c8ccc9c(c8)oc8ccccc89)cc3c64)C(C)(C)CCC7(C)C)C(C)(C)CCC5(C)C)ccc21. The minimum absolute atomic E-state index is 0.0744. The molecule has 318 valence electrons. The zero-order chi connectivity index (χ0) is 44.0. The summed E-state index contributed by atoms with van der Waals surface area (Å²) in [5.74, 6) is 0. The van der Waals surface area contributed by atoms with Crippen molar-refractivity contribution in [3.63, 3.8) is 0 Å². The molecule has 12 rings (SSSR count). The van der Waals surface area contributed by atoms with Gasteiger partial charge in [-0.15, -0.1) is 0 Å². The average Bonchev–Trinajstić information content (AvgIpc) is 3.78. The average molecular weight is 826 g/mol. The first kappa shape index (κ1) is 39.6. The zero-order valence-electron chi connectivity index (χ0n) is 39.9. The molecule has 1 aromatic heterocycles. The first-order valence-electron chi connectivity index (χ1n) is 24.1. The Morgan fingerprint density at radius 2 is 0.952 bits per heavy atom. The molecule has 0 N–H and O–H groups in total. The van der Waals surface area contributed by atoms with Crippen LogP contribution < -0.4 is 21.3 Å². The summed E-state index contributed by atoms with van der Waals surface area (Å²) in [6, 6.07) is 38.7. The second-order valence-electron chi connectivity index (χ2n) is 24.5. The first-order chi connectivity index (χ1) is 29.7. The fraction of sp³-hybridized carbons (Fsp3) is 0.400. The van der Waals surface area contributed by atoms with E-state index in [0.29, 0.717) is 0 Å². The molecule has 0 spiro atoms. The molecule has 3 aliphatic carbocycles. The van der Waals surface area contributed by atoms with E-state index in [4.69, 9.17) is 4.42 Å². The summed E-state index contributed by atoms with van der Waals surface area (Å²) < 4.78 is 6.56. The molecule has 0 radical (unpaired) electrons. The normalized spacial score (nSPS) is 21.0. The predicted molar refractivity (Wildman–Crippen MR) is 270 cm³/mol. The Balaban J connectivity index is 1.20. The van der Waals surface area contributed by atoms with Crippen LogP contribution in [0.3, 0.4) is 0 Å². The first-order valence-corrected chi connectivity index (χ1v) is 24.1. The van der Waals surface area contributed by atoms with E-state index in [2.05, 4.69) is 185 Å². The number of para-hydroxylation sites is 1. The third kappa shape index (κ3) is 5.50. The second kappa shape index (κ2) is 12.4. The minimum atomic E-state index is 0.0744. The predicted octanol–water partition coefficient (Wildman–Crippen LogP) is 14.6. The van der Waals surface area contributed by atoms with Gasteiger partial charge in [-0.1, -0.05) is 137 Å². The highest BCUT2D eigenvalue weighted by atomic mass is 16.3. The third-order valence-corrected chi connectivity index (χ3v) is 17.7. The van der Waals surface area contributed by atoms with Crippen molar-refractivity contribution >= 4 is 62.1 Å². The smallest absolute Gasteiger partial charge is 0.248 e. The number of rotatable bonds is 2. The molecule has 0 unspecified atom stereocenters. The van der Waals surface area contributed by atoms with Gasteiger partial charge in [-0.05, 0) is 186 Å². The van der Waals surface area contributed by atoms with E-state index >= 15 is 0 Å². The molecule has 7 aromatic rings. The van der Waals surface area contributed by atoms with Gasteiger partial charge in [-0.2, -0.15) is 0 Å². The Labute approximate surface area is 376 Å². The van der Waals surface area contributed by atoms with Crippen LogP contribution in [0.4, 0.5) is 17.1 Å². The zero-order valence-corrected chi connectivity index (χ0v) is 39.9. The van der Waals surface area contributed by atoms with E-state index in [9.17, 15) is 0 Å². The summed E-state index contributed by atoms with van der Waals surface area (Å²) in [4.78, 5) is 2.71. The number of anilines is 3. The van der Waals surface area contributed by atoms with Gasteiger partial charge in [0.15, 0.2) is 0 Å². The van der Waals surface area contributed by atoms with Crippen LogP contribution in [0.1, 0.15) is 155 Å². The summed E-state index contributed by atoms with van der Waals surface area (Å²) in [6.45, 7) is 29.9. The van der Waals surface area contributed by atoms with Gasteiger partial charge in [0.25, 0.3) is 0 Å². The van der Waals surface area contributed by atoms with Crippen molar-refractivity contribution in [2.24, 2.45) is 0 Å². The van der Waals surface area contributed by atoms with E-state index in [0.717, 1.165) is 11.2 Å². The summed E-state index contributed by atoms with van der Waals surface area (Å²) in [7, 11) is 0. The Morgan fingerprint density at radius 3 is 1.60 bits per heavy atom. The molecule has 63 heavy (non-hydrogen) atoms. The highest BCUT2D eigenvalue weighted by Crippen LogP contribution is 2.54. The third-order valence-electron chi connectivity index (χ3n) is 17.7. The fourth-order valence-electron chi connectivity index (χ4n) is 13.2. The molecule has 0 fully saturated rings. The second-order valence-corrected chi connectivity index (χ2v) is 24.5. The maximum atomic E-state index is 6.56. The topological polar surface area (TPSA) is 16.4 Å². The standard InChI is InChI=1S/C60H64BNO/c1-55(2)21-22-56(3,4)43-30-37(18-20-42(43)55)62-50-34-47-46(59(9,10)25-26-60(47,11)12)33-49(50)61-48-32-45-44(57(5,6)23-24-58(45,7)8)31-40(48)41-27-36(28-51(62)54(41)61)35-17-19-39-38-15-13-14-16-52(38)63-53(39)29-35/h13-20,27-34H,21-26H2,1-12H3. The van der Waals surface area contributed by atoms with E-state index in [1.165, 1.54) is 127 Å². The lowest BCUT2D eigenvalue weighted by Gasteiger charge is -2.46. The molecule has 2 nitrogen and oxygen atoms in total. The highest BCUT2D eigenvalue weighted by Gasteiger charge is 2.49. The van der Waals surface area contributed by atoms with E-state index < -0.39 is 0 Å². The number of hydrogen-bond acceptors (Lipinski definition) is 2. The lowest BCUT2D eigenvalue weighted by atomic mass is 9.36. The van der Waals surface area contributed by atoms with Gasteiger partial charge < -0.3 is 9.32 Å². The molecular formula is C60H64BNO. The molecule has 5 aliphatic rings. The van der Waals surface area contributed by atoms with Gasteiger partial charge in [0.1, 0.15) is 11.2 Å². The lowest BCUT2D eigenvalue weighted by Crippen LogP contribution is -2.56. The molecule has 2 aliphatic heterocycles. The molecule has 3 heteroatoms. The molecule has 0 bridgehead atoms. The number of benzene rings is 6. The van der Waals surface area contributed by atoms with Crippen molar-refractivity contribution in [2.45, 2.75) is 154 Å². The Bertz CT molecular complexity index is 3150. The lowest BCUT2D eigenvalue weighted by molar-refractivity contribution is 0.332. The van der Waals surface area contributed by atoms with Crippen LogP contribution in [-0.4, -0.2) is 6.71 Å². The van der Waals surface area contributed by atoms with Gasteiger partial charge in [-0.25, -0.2) is 0 Å². The van der Waals surface area contributed by atoms with E-state index in [1.54, 1.807) is 11.1 Å². The highest BCUT2D eigenvalue weighted by molar-refractivity contribution is 7.01. The molecule has 0 amide bonds. The fourth-order valence-corrected chi connectivity index (χ4v) is 13.2. The molecule has 0 saturated heterocycles. The van der Waals surface area contributed by atoms with Gasteiger partial charge in [-0.3, -0.25) is 0 Å². The summed E-state index contributed by atoms with van der Waals surface area (Å²) in [5, 5.41) is 2.34. The molecule has 0 atom stereocenters. The Morgan fingerprint density at radius 1 is 0.413 bits per heavy atom. The van der Waals surface area contributed by atoms with Crippen LogP contribution >= 0.6 is 0 Å². The van der Waals surface area contributed by atoms with Crippen LogP contribution in [0.5, 0.6) is 0 Å². The van der Waals surface area contributed by atoms with Crippen LogP contribution in [-0.2, 0) is 32.5 Å². The molecule has 3 heterocycles.